The number of carbonyl (C=O) groups is 4. The molecule has 3 fully saturated rings. The number of likely N-dealkylation sites (tertiary alicyclic amines) is 1. The van der Waals surface area contributed by atoms with Crippen LogP contribution >= 0.6 is 0 Å². The smallest absolute Gasteiger partial charge is 0.301 e. The van der Waals surface area contributed by atoms with Crippen LogP contribution in [0, 0.1) is 11.6 Å². The molecule has 336 valence electrons. The second-order valence-corrected chi connectivity index (χ2v) is 18.4. The summed E-state index contributed by atoms with van der Waals surface area (Å²) in [6.45, 7) is 6.97. The first-order valence-corrected chi connectivity index (χ1v) is 23.1. The molecule has 8 rings (SSSR count). The van der Waals surface area contributed by atoms with Gasteiger partial charge in [-0.15, -0.1) is 0 Å². The predicted octanol–water partition coefficient (Wildman–Crippen LogP) is 5.57. The number of hydrogen-bond acceptors (Lipinski definition) is 10. The van der Waals surface area contributed by atoms with Crippen molar-refractivity contribution in [2.45, 2.75) is 57.3 Å². The van der Waals surface area contributed by atoms with Crippen LogP contribution in [0.1, 0.15) is 84.3 Å². The van der Waals surface area contributed by atoms with Gasteiger partial charge in [-0.25, -0.2) is 18.7 Å². The molecule has 3 aliphatic rings. The highest BCUT2D eigenvalue weighted by atomic mass is 32.2. The number of benzene rings is 2. The Kier molecular flexibility index (Phi) is 13.2. The summed E-state index contributed by atoms with van der Waals surface area (Å²) in [5.74, 6) is -2.79. The summed E-state index contributed by atoms with van der Waals surface area (Å²) in [4.78, 5) is 69.1. The van der Waals surface area contributed by atoms with Crippen LogP contribution in [0.4, 0.5) is 20.3 Å². The number of anilines is 2. The lowest BCUT2D eigenvalue weighted by Crippen LogP contribution is -2.49. The molecular formula is C46H51F2N9O6S. The topological polar surface area (TPSA) is 181 Å². The minimum absolute atomic E-state index is 0.0426. The number of amides is 3. The van der Waals surface area contributed by atoms with Crippen LogP contribution in [0.15, 0.2) is 73.2 Å². The Morgan fingerprint density at radius 2 is 1.61 bits per heavy atom. The van der Waals surface area contributed by atoms with Crippen molar-refractivity contribution in [3.05, 3.63) is 107 Å². The average molecular weight is 896 g/mol. The van der Waals surface area contributed by atoms with Crippen molar-refractivity contribution in [2.75, 3.05) is 69.0 Å². The fourth-order valence-corrected chi connectivity index (χ4v) is 9.68. The van der Waals surface area contributed by atoms with E-state index in [0.29, 0.717) is 73.5 Å². The third kappa shape index (κ3) is 9.54. The van der Waals surface area contributed by atoms with E-state index in [2.05, 4.69) is 46.9 Å². The first kappa shape index (κ1) is 44.5. The van der Waals surface area contributed by atoms with Gasteiger partial charge in [0, 0.05) is 93.3 Å². The fourth-order valence-electron chi connectivity index (χ4n) is 8.75. The van der Waals surface area contributed by atoms with E-state index in [1.54, 1.807) is 25.4 Å². The molecule has 3 amide bonds. The van der Waals surface area contributed by atoms with E-state index < -0.39 is 38.9 Å². The molecule has 0 radical (unpaired) electrons. The largest absolute Gasteiger partial charge is 0.353 e. The molecule has 2 aromatic carbocycles. The van der Waals surface area contributed by atoms with Gasteiger partial charge in [0.05, 0.1) is 17.2 Å². The lowest BCUT2D eigenvalue weighted by molar-refractivity contribution is -0.134. The number of carbonyl (C=O) groups excluding carboxylic acids is 4. The van der Waals surface area contributed by atoms with Crippen LogP contribution in [-0.4, -0.2) is 120 Å². The van der Waals surface area contributed by atoms with Crippen molar-refractivity contribution in [1.82, 2.24) is 34.4 Å². The molecule has 0 bridgehead atoms. The first-order valence-electron chi connectivity index (χ1n) is 21.7. The van der Waals surface area contributed by atoms with E-state index in [9.17, 15) is 27.6 Å². The summed E-state index contributed by atoms with van der Waals surface area (Å²) < 4.78 is 58.8. The summed E-state index contributed by atoms with van der Waals surface area (Å²) in [6.07, 6.45) is 8.90. The highest BCUT2D eigenvalue weighted by molar-refractivity contribution is 7.90. The Hall–Kier alpha value is -6.11. The number of nitrogens with zero attached hydrogens (tertiary/aromatic N) is 6. The Balaban J connectivity index is 0.807. The number of ketones is 1. The minimum Gasteiger partial charge on any atom is -0.353 e. The van der Waals surface area contributed by atoms with E-state index >= 15 is 8.78 Å². The summed E-state index contributed by atoms with van der Waals surface area (Å²) in [6, 6.07) is 15.5. The fraction of sp³-hybridized carbons (Fsp3) is 0.391. The quantitative estimate of drug-likeness (QED) is 0.0943. The van der Waals surface area contributed by atoms with E-state index in [-0.39, 0.29) is 35.7 Å². The molecule has 6 heterocycles. The Labute approximate surface area is 370 Å². The van der Waals surface area contributed by atoms with Crippen molar-refractivity contribution < 1.29 is 36.4 Å². The van der Waals surface area contributed by atoms with Crippen LogP contribution in [0.3, 0.4) is 0 Å². The zero-order valence-corrected chi connectivity index (χ0v) is 36.6. The molecule has 64 heavy (non-hydrogen) atoms. The van der Waals surface area contributed by atoms with Crippen molar-refractivity contribution >= 4 is 56.3 Å². The Morgan fingerprint density at radius 1 is 0.891 bits per heavy atom. The summed E-state index contributed by atoms with van der Waals surface area (Å²) in [5, 5.41) is 2.76. The van der Waals surface area contributed by atoms with E-state index in [1.165, 1.54) is 18.8 Å². The molecule has 5 aromatic rings. The predicted molar refractivity (Wildman–Crippen MR) is 238 cm³/mol. The second kappa shape index (κ2) is 18.9. The van der Waals surface area contributed by atoms with Crippen LogP contribution in [0.25, 0.3) is 22.2 Å². The third-order valence-electron chi connectivity index (χ3n) is 12.7. The first-order chi connectivity index (χ1) is 30.8. The Morgan fingerprint density at radius 3 is 2.30 bits per heavy atom. The number of fused-ring (bicyclic) bond motifs is 1. The minimum atomic E-state index is -4.14. The molecule has 3 aromatic heterocycles. The lowest BCUT2D eigenvalue weighted by Gasteiger charge is -2.36. The molecular weight excluding hydrogens is 845 g/mol. The van der Waals surface area contributed by atoms with Crippen molar-refractivity contribution in [2.24, 2.45) is 0 Å². The standard InChI is InChI=1S/C46H51F2N9O6S/c1-3-54(2)64(62,63)53-38-13-12-37(47)42(43(38)48)44(60)36-28-51-45-35(36)25-33(27-50-45)32-10-14-39(49-26-32)56-21-23-57(24-22-56)41(59)5-4-18-55-19-16-30(17-20-55)29-6-8-31(9-7-29)34-11-15-40(58)52-46(34)61/h6-10,12-14,25-28,30,34,53H,3-5,11,15-24H2,1-2H3,(H,50,51)(H,52,58,61). The number of hydrogen-bond donors (Lipinski definition) is 3. The number of aromatic nitrogens is 3. The molecule has 3 saturated heterocycles. The maximum absolute atomic E-state index is 15.6. The van der Waals surface area contributed by atoms with Crippen LogP contribution in [0.2, 0.25) is 0 Å². The zero-order valence-electron chi connectivity index (χ0n) is 35.8. The van der Waals surface area contributed by atoms with Gasteiger partial charge in [-0.05, 0) is 92.7 Å². The van der Waals surface area contributed by atoms with Gasteiger partial charge in [-0.2, -0.15) is 12.7 Å². The van der Waals surface area contributed by atoms with Crippen LogP contribution in [-0.2, 0) is 24.6 Å². The highest BCUT2D eigenvalue weighted by Crippen LogP contribution is 2.33. The summed E-state index contributed by atoms with van der Waals surface area (Å²) >= 11 is 0. The van der Waals surface area contributed by atoms with Gasteiger partial charge in [0.25, 0.3) is 0 Å². The number of pyridine rings is 2. The third-order valence-corrected chi connectivity index (χ3v) is 14.3. The maximum Gasteiger partial charge on any atom is 0.301 e. The Bertz CT molecular complexity index is 2660. The van der Waals surface area contributed by atoms with Gasteiger partial charge in [0.2, 0.25) is 23.5 Å². The molecule has 18 heteroatoms. The van der Waals surface area contributed by atoms with E-state index in [0.717, 1.165) is 66.7 Å². The van der Waals surface area contributed by atoms with Gasteiger partial charge in [-0.1, -0.05) is 31.2 Å². The average Bonchev–Trinajstić information content (AvgIpc) is 3.74. The number of halogens is 2. The lowest BCUT2D eigenvalue weighted by atomic mass is 9.86. The van der Waals surface area contributed by atoms with Crippen molar-refractivity contribution in [1.29, 1.82) is 0 Å². The van der Waals surface area contributed by atoms with Crippen molar-refractivity contribution in [3.8, 4) is 11.1 Å². The number of piperazine rings is 1. The number of aromatic amines is 1. The van der Waals surface area contributed by atoms with Gasteiger partial charge in [-0.3, -0.25) is 29.2 Å². The van der Waals surface area contributed by atoms with Crippen LogP contribution in [0.5, 0.6) is 0 Å². The number of rotatable bonds is 14. The SMILES string of the molecule is CCN(C)S(=O)(=O)Nc1ccc(F)c(C(=O)c2c[nH]c3ncc(-c4ccc(N5CCN(C(=O)CCCN6CCC(c7ccc(C8CCC(=O)NC8=O)cc7)CC6)CC5)nc4)cc23)c1F. The van der Waals surface area contributed by atoms with E-state index in [1.807, 2.05) is 29.2 Å². The molecule has 0 saturated carbocycles. The van der Waals surface area contributed by atoms with Crippen LogP contribution < -0.4 is 14.9 Å². The number of H-pyrrole nitrogens is 1. The number of nitrogens with one attached hydrogen (secondary N) is 3. The summed E-state index contributed by atoms with van der Waals surface area (Å²) in [5.41, 5.74) is 2.36. The maximum atomic E-state index is 15.6. The second-order valence-electron chi connectivity index (χ2n) is 16.6. The summed E-state index contributed by atoms with van der Waals surface area (Å²) in [7, 11) is -2.84. The molecule has 1 unspecified atom stereocenters. The van der Waals surface area contributed by atoms with Gasteiger partial charge in [0.15, 0.2) is 5.82 Å². The molecule has 0 aliphatic carbocycles. The molecule has 15 nitrogen and oxygen atoms in total. The van der Waals surface area contributed by atoms with Gasteiger partial charge in [0.1, 0.15) is 17.3 Å². The normalized spacial score (nSPS) is 17.9. The monoisotopic (exact) mass is 895 g/mol. The van der Waals surface area contributed by atoms with Gasteiger partial charge < -0.3 is 19.7 Å². The van der Waals surface area contributed by atoms with Gasteiger partial charge >= 0.3 is 10.2 Å². The molecule has 0 spiro atoms. The highest BCUT2D eigenvalue weighted by Gasteiger charge is 2.30. The van der Waals surface area contributed by atoms with Crippen molar-refractivity contribution in [3.63, 3.8) is 0 Å². The zero-order chi connectivity index (χ0) is 45.1. The molecule has 3 aliphatic heterocycles. The molecule has 3 N–H and O–H groups in total. The number of piperidine rings is 2. The van der Waals surface area contributed by atoms with E-state index in [4.69, 9.17) is 0 Å². The molecule has 1 atom stereocenters. The number of imide groups is 1.